The summed E-state index contributed by atoms with van der Waals surface area (Å²) >= 11 is 16.8. The van der Waals surface area contributed by atoms with E-state index in [9.17, 15) is 14.4 Å². The van der Waals surface area contributed by atoms with E-state index in [-0.39, 0.29) is 28.9 Å². The maximum atomic E-state index is 12.4. The summed E-state index contributed by atoms with van der Waals surface area (Å²) in [5.74, 6) is -1.52. The predicted octanol–water partition coefficient (Wildman–Crippen LogP) is 2.68. The fraction of sp³-hybridized carbons (Fsp3) is 0.200. The second-order valence-electron chi connectivity index (χ2n) is 6.72. The summed E-state index contributed by atoms with van der Waals surface area (Å²) in [5.41, 5.74) is 6.12. The number of nitrogens with one attached hydrogen (secondary N) is 3. The standard InChI is InChI=1S/C20H18Cl2N4O3S/c21-15-6-13(7-16(22)9-15)18(28)23-20(30)25-24-19(29)14-8-17(27)26(11-14)10-12-4-2-1-3-5-12/h1-7,9,14H,8,10-11H2,(H,24,29)(H2,23,25,28,30). The van der Waals surface area contributed by atoms with Gasteiger partial charge in [-0.05, 0) is 36.0 Å². The molecular weight excluding hydrogens is 447 g/mol. The van der Waals surface area contributed by atoms with Gasteiger partial charge in [-0.15, -0.1) is 0 Å². The zero-order chi connectivity index (χ0) is 21.7. The smallest absolute Gasteiger partial charge is 0.257 e. The van der Waals surface area contributed by atoms with Crippen LogP contribution in [-0.4, -0.2) is 34.3 Å². The molecule has 7 nitrogen and oxygen atoms in total. The summed E-state index contributed by atoms with van der Waals surface area (Å²) in [6.45, 7) is 0.759. The Morgan fingerprint density at radius 3 is 2.40 bits per heavy atom. The van der Waals surface area contributed by atoms with E-state index in [1.807, 2.05) is 30.3 Å². The van der Waals surface area contributed by atoms with Gasteiger partial charge in [0.25, 0.3) is 5.91 Å². The van der Waals surface area contributed by atoms with Crippen LogP contribution in [0, 0.1) is 5.92 Å². The third-order valence-corrected chi connectivity index (χ3v) is 5.09. The lowest BCUT2D eigenvalue weighted by Crippen LogP contribution is -2.50. The number of hydrazine groups is 1. The second-order valence-corrected chi connectivity index (χ2v) is 8.00. The fourth-order valence-corrected chi connectivity index (χ4v) is 3.69. The number of thiocarbonyl (C=S) groups is 1. The number of benzene rings is 2. The van der Waals surface area contributed by atoms with Crippen molar-refractivity contribution in [2.24, 2.45) is 5.92 Å². The zero-order valence-electron chi connectivity index (χ0n) is 15.7. The number of hydrogen-bond acceptors (Lipinski definition) is 4. The van der Waals surface area contributed by atoms with E-state index in [1.165, 1.54) is 18.2 Å². The van der Waals surface area contributed by atoms with Gasteiger partial charge in [0.1, 0.15) is 0 Å². The average molecular weight is 465 g/mol. The van der Waals surface area contributed by atoms with E-state index in [4.69, 9.17) is 35.4 Å². The van der Waals surface area contributed by atoms with Gasteiger partial charge >= 0.3 is 0 Å². The summed E-state index contributed by atoms with van der Waals surface area (Å²) in [6, 6.07) is 13.9. The molecular formula is C20H18Cl2N4O3S. The molecule has 0 aromatic heterocycles. The van der Waals surface area contributed by atoms with E-state index in [1.54, 1.807) is 4.90 Å². The highest BCUT2D eigenvalue weighted by atomic mass is 35.5. The Morgan fingerprint density at radius 2 is 1.73 bits per heavy atom. The maximum absolute atomic E-state index is 12.4. The Kier molecular flexibility index (Phi) is 7.25. The number of likely N-dealkylation sites (tertiary alicyclic amines) is 1. The minimum absolute atomic E-state index is 0.0901. The SMILES string of the molecule is O=C(NC(=S)NNC(=O)C1CC(=O)N(Cc2ccccc2)C1)c1cc(Cl)cc(Cl)c1. The molecule has 0 spiro atoms. The summed E-state index contributed by atoms with van der Waals surface area (Å²) < 4.78 is 0. The molecule has 1 aliphatic rings. The van der Waals surface area contributed by atoms with Gasteiger partial charge in [-0.2, -0.15) is 0 Å². The van der Waals surface area contributed by atoms with Crippen LogP contribution >= 0.6 is 35.4 Å². The molecule has 3 N–H and O–H groups in total. The highest BCUT2D eigenvalue weighted by molar-refractivity contribution is 7.80. The first-order valence-electron chi connectivity index (χ1n) is 9.01. The molecule has 0 saturated carbocycles. The van der Waals surface area contributed by atoms with Gasteiger partial charge in [0.15, 0.2) is 5.11 Å². The number of rotatable bonds is 4. The number of amides is 3. The molecule has 1 fully saturated rings. The highest BCUT2D eigenvalue weighted by Gasteiger charge is 2.34. The van der Waals surface area contributed by atoms with E-state index in [0.29, 0.717) is 23.1 Å². The van der Waals surface area contributed by atoms with Crippen molar-refractivity contribution in [3.63, 3.8) is 0 Å². The van der Waals surface area contributed by atoms with Crippen molar-refractivity contribution < 1.29 is 14.4 Å². The molecule has 1 aliphatic heterocycles. The Morgan fingerprint density at radius 1 is 1.07 bits per heavy atom. The molecule has 1 unspecified atom stereocenters. The van der Waals surface area contributed by atoms with Crippen molar-refractivity contribution >= 4 is 58.3 Å². The van der Waals surface area contributed by atoms with Crippen LogP contribution in [0.4, 0.5) is 0 Å². The quantitative estimate of drug-likeness (QED) is 0.477. The lowest BCUT2D eigenvalue weighted by atomic mass is 10.1. The summed E-state index contributed by atoms with van der Waals surface area (Å²) in [4.78, 5) is 38.4. The minimum Gasteiger partial charge on any atom is -0.338 e. The van der Waals surface area contributed by atoms with Crippen molar-refractivity contribution in [1.29, 1.82) is 0 Å². The molecule has 0 aliphatic carbocycles. The zero-order valence-corrected chi connectivity index (χ0v) is 18.0. The van der Waals surface area contributed by atoms with Crippen LogP contribution in [0.1, 0.15) is 22.3 Å². The first-order valence-corrected chi connectivity index (χ1v) is 10.2. The number of halogens is 2. The van der Waals surface area contributed by atoms with Crippen LogP contribution in [0.3, 0.4) is 0 Å². The van der Waals surface area contributed by atoms with Gasteiger partial charge < -0.3 is 4.90 Å². The second kappa shape index (κ2) is 9.88. The molecule has 2 aromatic carbocycles. The van der Waals surface area contributed by atoms with Gasteiger partial charge in [0.2, 0.25) is 11.8 Å². The molecule has 0 radical (unpaired) electrons. The summed E-state index contributed by atoms with van der Waals surface area (Å²) in [6.07, 6.45) is 0.112. The van der Waals surface area contributed by atoms with Crippen molar-refractivity contribution in [3.05, 3.63) is 69.7 Å². The third kappa shape index (κ3) is 5.91. The lowest BCUT2D eigenvalue weighted by Gasteiger charge is -2.17. The molecule has 156 valence electrons. The van der Waals surface area contributed by atoms with Crippen molar-refractivity contribution in [2.75, 3.05) is 6.54 Å². The Labute approximate surface area is 188 Å². The van der Waals surface area contributed by atoms with E-state index < -0.39 is 11.8 Å². The summed E-state index contributed by atoms with van der Waals surface area (Å²) in [7, 11) is 0. The molecule has 1 atom stereocenters. The Hall–Kier alpha value is -2.68. The van der Waals surface area contributed by atoms with Crippen LogP contribution in [-0.2, 0) is 16.1 Å². The third-order valence-electron chi connectivity index (χ3n) is 4.45. The molecule has 10 heteroatoms. The van der Waals surface area contributed by atoms with Gasteiger partial charge in [0.05, 0.1) is 5.92 Å². The summed E-state index contributed by atoms with van der Waals surface area (Å²) in [5, 5.41) is 2.94. The van der Waals surface area contributed by atoms with Gasteiger partial charge in [0, 0.05) is 35.1 Å². The fourth-order valence-electron chi connectivity index (χ4n) is 3.02. The first kappa shape index (κ1) is 22.0. The van der Waals surface area contributed by atoms with Crippen LogP contribution in [0.25, 0.3) is 0 Å². The largest absolute Gasteiger partial charge is 0.338 e. The molecule has 30 heavy (non-hydrogen) atoms. The van der Waals surface area contributed by atoms with Crippen molar-refractivity contribution in [2.45, 2.75) is 13.0 Å². The number of carbonyl (C=O) groups excluding carboxylic acids is 3. The normalized spacial score (nSPS) is 15.6. The number of nitrogens with zero attached hydrogens (tertiary/aromatic N) is 1. The maximum Gasteiger partial charge on any atom is 0.257 e. The molecule has 0 bridgehead atoms. The highest BCUT2D eigenvalue weighted by Crippen LogP contribution is 2.20. The van der Waals surface area contributed by atoms with Crippen molar-refractivity contribution in [3.8, 4) is 0 Å². The molecule has 3 rings (SSSR count). The monoisotopic (exact) mass is 464 g/mol. The van der Waals surface area contributed by atoms with Gasteiger partial charge in [-0.1, -0.05) is 53.5 Å². The van der Waals surface area contributed by atoms with Gasteiger partial charge in [-0.3, -0.25) is 30.6 Å². The lowest BCUT2D eigenvalue weighted by molar-refractivity contribution is -0.129. The Bertz CT molecular complexity index is 967. The Balaban J connectivity index is 1.47. The predicted molar refractivity (Wildman–Crippen MR) is 118 cm³/mol. The minimum atomic E-state index is -0.531. The van der Waals surface area contributed by atoms with E-state index >= 15 is 0 Å². The first-order chi connectivity index (χ1) is 14.3. The van der Waals surface area contributed by atoms with E-state index in [0.717, 1.165) is 5.56 Å². The molecule has 2 aromatic rings. The van der Waals surface area contributed by atoms with Crippen LogP contribution in [0.2, 0.25) is 10.0 Å². The average Bonchev–Trinajstić information content (AvgIpc) is 3.06. The van der Waals surface area contributed by atoms with Crippen LogP contribution in [0.5, 0.6) is 0 Å². The topological polar surface area (TPSA) is 90.5 Å². The molecule has 1 heterocycles. The van der Waals surface area contributed by atoms with E-state index in [2.05, 4.69) is 16.2 Å². The van der Waals surface area contributed by atoms with Gasteiger partial charge in [-0.25, -0.2) is 0 Å². The molecule has 1 saturated heterocycles. The number of carbonyl (C=O) groups is 3. The van der Waals surface area contributed by atoms with Crippen LogP contribution in [0.15, 0.2) is 48.5 Å². The van der Waals surface area contributed by atoms with Crippen LogP contribution < -0.4 is 16.2 Å². The number of hydrogen-bond donors (Lipinski definition) is 3. The molecule has 3 amide bonds. The van der Waals surface area contributed by atoms with Crippen molar-refractivity contribution in [1.82, 2.24) is 21.1 Å².